The van der Waals surface area contributed by atoms with E-state index in [1.54, 1.807) is 23.2 Å². The predicted octanol–water partition coefficient (Wildman–Crippen LogP) is 5.23. The minimum absolute atomic E-state index is 0.144. The van der Waals surface area contributed by atoms with Gasteiger partial charge >= 0.3 is 0 Å². The van der Waals surface area contributed by atoms with E-state index in [1.165, 1.54) is 29.4 Å². The number of furan rings is 1. The van der Waals surface area contributed by atoms with Crippen molar-refractivity contribution in [1.82, 2.24) is 29.7 Å². The van der Waals surface area contributed by atoms with Crippen molar-refractivity contribution in [3.8, 4) is 17.0 Å². The quantitative estimate of drug-likeness (QED) is 0.271. The second-order valence-electron chi connectivity index (χ2n) is 7.33. The fourth-order valence-corrected chi connectivity index (χ4v) is 5.54. The van der Waals surface area contributed by atoms with Crippen molar-refractivity contribution in [3.05, 3.63) is 82.8 Å². The Morgan fingerprint density at radius 1 is 1.15 bits per heavy atom. The molecule has 5 heterocycles. The van der Waals surface area contributed by atoms with Gasteiger partial charge in [0.05, 0.1) is 34.2 Å². The molecule has 162 valence electrons. The van der Waals surface area contributed by atoms with E-state index in [9.17, 15) is 4.79 Å². The molecule has 0 radical (unpaired) electrons. The van der Waals surface area contributed by atoms with E-state index < -0.39 is 0 Å². The van der Waals surface area contributed by atoms with Crippen LogP contribution in [0.15, 0.2) is 80.9 Å². The van der Waals surface area contributed by atoms with Crippen molar-refractivity contribution in [1.29, 1.82) is 0 Å². The third-order valence-electron chi connectivity index (χ3n) is 5.25. The maximum absolute atomic E-state index is 12.9. The lowest BCUT2D eigenvalue weighted by molar-refractivity contribution is 0.583. The van der Waals surface area contributed by atoms with Gasteiger partial charge in [0, 0.05) is 10.9 Å². The maximum Gasteiger partial charge on any atom is 0.260 e. The number of nitrogens with one attached hydrogen (secondary N) is 1. The van der Waals surface area contributed by atoms with Crippen LogP contribution in [0.25, 0.3) is 38.3 Å². The van der Waals surface area contributed by atoms with Crippen LogP contribution in [0.3, 0.4) is 0 Å². The Morgan fingerprint density at radius 2 is 2.03 bits per heavy atom. The fourth-order valence-electron chi connectivity index (χ4n) is 3.67. The topological polar surface area (TPSA) is 102 Å². The first-order valence-corrected chi connectivity index (χ1v) is 11.9. The van der Waals surface area contributed by atoms with Crippen molar-refractivity contribution in [2.75, 3.05) is 0 Å². The Morgan fingerprint density at radius 3 is 2.85 bits per heavy atom. The van der Waals surface area contributed by atoms with E-state index in [0.717, 1.165) is 27.3 Å². The van der Waals surface area contributed by atoms with Crippen LogP contribution >= 0.6 is 23.1 Å². The highest BCUT2D eigenvalue weighted by Gasteiger charge is 2.20. The minimum Gasteiger partial charge on any atom is -0.464 e. The summed E-state index contributed by atoms with van der Waals surface area (Å²) in [6.45, 7) is 1.99. The molecule has 0 aliphatic carbocycles. The van der Waals surface area contributed by atoms with E-state index in [0.29, 0.717) is 21.8 Å². The van der Waals surface area contributed by atoms with Crippen LogP contribution in [-0.4, -0.2) is 29.7 Å². The summed E-state index contributed by atoms with van der Waals surface area (Å²) in [5.41, 5.74) is 2.23. The molecule has 1 atom stereocenters. The van der Waals surface area contributed by atoms with Gasteiger partial charge in [0.2, 0.25) is 0 Å². The number of thiophene rings is 1. The van der Waals surface area contributed by atoms with E-state index in [2.05, 4.69) is 20.1 Å². The number of nitrogens with zero attached hydrogens (tertiary/aromatic N) is 5. The lowest BCUT2D eigenvalue weighted by Crippen LogP contribution is -2.12. The van der Waals surface area contributed by atoms with Crippen LogP contribution in [0, 0.1) is 0 Å². The molecule has 8 nitrogen and oxygen atoms in total. The van der Waals surface area contributed by atoms with Crippen LogP contribution in [0.1, 0.15) is 18.0 Å². The molecule has 6 aromatic rings. The number of H-pyrrole nitrogens is 1. The number of para-hydroxylation sites is 1. The number of hydrogen-bond donors (Lipinski definition) is 1. The van der Waals surface area contributed by atoms with Crippen molar-refractivity contribution < 1.29 is 4.42 Å². The van der Waals surface area contributed by atoms with Crippen LogP contribution in [0.2, 0.25) is 0 Å². The Bertz CT molecular complexity index is 1640. The van der Waals surface area contributed by atoms with Crippen LogP contribution in [0.4, 0.5) is 0 Å². The number of aromatic amines is 1. The molecule has 0 aliphatic heterocycles. The van der Waals surface area contributed by atoms with Gasteiger partial charge in [-0.3, -0.25) is 4.79 Å². The van der Waals surface area contributed by atoms with Gasteiger partial charge in [0.1, 0.15) is 27.8 Å². The maximum atomic E-state index is 12.9. The summed E-state index contributed by atoms with van der Waals surface area (Å²) >= 11 is 2.93. The molecule has 0 amide bonds. The zero-order valence-electron chi connectivity index (χ0n) is 17.3. The van der Waals surface area contributed by atoms with E-state index in [-0.39, 0.29) is 10.8 Å². The Labute approximate surface area is 195 Å². The molecule has 0 spiro atoms. The zero-order valence-corrected chi connectivity index (χ0v) is 18.9. The molecule has 33 heavy (non-hydrogen) atoms. The molecule has 10 heteroatoms. The average molecular weight is 473 g/mol. The summed E-state index contributed by atoms with van der Waals surface area (Å²) < 4.78 is 7.26. The van der Waals surface area contributed by atoms with Crippen molar-refractivity contribution in [2.45, 2.75) is 17.2 Å². The highest BCUT2D eigenvalue weighted by Crippen LogP contribution is 2.37. The highest BCUT2D eigenvalue weighted by molar-refractivity contribution is 7.99. The monoisotopic (exact) mass is 472 g/mol. The Kier molecular flexibility index (Phi) is 4.81. The normalized spacial score (nSPS) is 12.5. The largest absolute Gasteiger partial charge is 0.464 e. The second-order valence-corrected chi connectivity index (χ2v) is 9.51. The number of benzene rings is 1. The lowest BCUT2D eigenvalue weighted by atomic mass is 10.2. The number of aromatic nitrogens is 6. The summed E-state index contributed by atoms with van der Waals surface area (Å²) in [7, 11) is 0. The smallest absolute Gasteiger partial charge is 0.260 e. The molecular weight excluding hydrogens is 456 g/mol. The molecule has 5 aromatic heterocycles. The van der Waals surface area contributed by atoms with Crippen LogP contribution < -0.4 is 5.56 Å². The van der Waals surface area contributed by atoms with E-state index in [1.807, 2.05) is 48.7 Å². The molecular formula is C23H16N6O2S2. The molecule has 6 rings (SSSR count). The number of fused-ring (bicyclic) bond motifs is 2. The second kappa shape index (κ2) is 7.98. The van der Waals surface area contributed by atoms with Crippen LogP contribution in [-0.2, 0) is 0 Å². The van der Waals surface area contributed by atoms with Crippen molar-refractivity contribution >= 4 is 44.3 Å². The first kappa shape index (κ1) is 19.9. The van der Waals surface area contributed by atoms with Gasteiger partial charge in [-0.2, -0.15) is 5.10 Å². The van der Waals surface area contributed by atoms with Gasteiger partial charge in [0.15, 0.2) is 5.65 Å². The molecule has 0 fully saturated rings. The fraction of sp³-hybridized carbons (Fsp3) is 0.0870. The average Bonchev–Trinajstić information content (AvgIpc) is 3.59. The molecule has 1 N–H and O–H groups in total. The van der Waals surface area contributed by atoms with Gasteiger partial charge in [-0.05, 0) is 31.2 Å². The third kappa shape index (κ3) is 3.43. The summed E-state index contributed by atoms with van der Waals surface area (Å²) in [4.78, 5) is 30.2. The number of rotatable bonds is 5. The Hall–Kier alpha value is -3.76. The van der Waals surface area contributed by atoms with Crippen molar-refractivity contribution in [3.63, 3.8) is 0 Å². The number of hydrogen-bond acceptors (Lipinski definition) is 8. The molecule has 1 unspecified atom stereocenters. The molecule has 0 aliphatic rings. The molecule has 0 saturated carbocycles. The summed E-state index contributed by atoms with van der Waals surface area (Å²) in [6.07, 6.45) is 4.90. The molecule has 1 aromatic carbocycles. The van der Waals surface area contributed by atoms with E-state index in [4.69, 9.17) is 9.40 Å². The molecule has 0 saturated heterocycles. The zero-order chi connectivity index (χ0) is 22.4. The third-order valence-corrected chi connectivity index (χ3v) is 7.25. The minimum atomic E-state index is -0.181. The van der Waals surface area contributed by atoms with Gasteiger partial charge in [-0.25, -0.2) is 19.6 Å². The summed E-state index contributed by atoms with van der Waals surface area (Å²) in [5.74, 6) is 1.25. The van der Waals surface area contributed by atoms with Gasteiger partial charge < -0.3 is 9.40 Å². The van der Waals surface area contributed by atoms with Gasteiger partial charge in [-0.15, -0.1) is 11.3 Å². The SMILES string of the molecule is CC(Sc1ncnc2c1cnn2-c1ccccc1)c1nc2scc(-c3ccco3)c2c(=O)[nH]1. The number of thioether (sulfide) groups is 1. The van der Waals surface area contributed by atoms with E-state index >= 15 is 0 Å². The standard InChI is InChI=1S/C23H16N6O2S2/c1-13(19-27-21(30)18-16(11-32-23(18)28-19)17-8-5-9-31-17)33-22-15-10-26-29(20(15)24-12-25-22)14-6-3-2-4-7-14/h2-13H,1H3,(H,27,28,30). The highest BCUT2D eigenvalue weighted by atomic mass is 32.2. The first-order chi connectivity index (χ1) is 16.2. The van der Waals surface area contributed by atoms with Gasteiger partial charge in [0.25, 0.3) is 5.56 Å². The first-order valence-electron chi connectivity index (χ1n) is 10.1. The molecule has 0 bridgehead atoms. The summed E-state index contributed by atoms with van der Waals surface area (Å²) in [6, 6.07) is 13.5. The van der Waals surface area contributed by atoms with Crippen molar-refractivity contribution in [2.24, 2.45) is 0 Å². The van der Waals surface area contributed by atoms with Gasteiger partial charge in [-0.1, -0.05) is 30.0 Å². The summed E-state index contributed by atoms with van der Waals surface area (Å²) in [5, 5.41) is 8.44. The predicted molar refractivity (Wildman–Crippen MR) is 129 cm³/mol. The lowest BCUT2D eigenvalue weighted by Gasteiger charge is -2.10. The van der Waals surface area contributed by atoms with Crippen LogP contribution in [0.5, 0.6) is 0 Å². The Balaban J connectivity index is 1.35.